The Morgan fingerprint density at radius 1 is 0.477 bits per heavy atom. The van der Waals surface area contributed by atoms with Crippen molar-refractivity contribution in [2.75, 3.05) is 0 Å². The summed E-state index contributed by atoms with van der Waals surface area (Å²) < 4.78 is 53.9. The van der Waals surface area contributed by atoms with Crippen molar-refractivity contribution in [1.29, 1.82) is 0 Å². The molecule has 2 unspecified atom stereocenters. The summed E-state index contributed by atoms with van der Waals surface area (Å²) in [7, 11) is -8.20. The molecule has 0 aliphatic carbocycles. The molecule has 4 aromatic rings. The maximum atomic E-state index is 13.2. The maximum absolute atomic E-state index is 13.2. The van der Waals surface area contributed by atoms with Gasteiger partial charge in [-0.1, -0.05) is 154 Å². The van der Waals surface area contributed by atoms with Crippen molar-refractivity contribution in [1.82, 2.24) is 9.44 Å². The molecule has 234 valence electrons. The Hall–Kier alpha value is -1.56. The SMILES string of the molecule is Cc1ccc(C(NS(=O)(=O)c2ccc(-c3ccc(S(=O)(=O)NC(c4ccc(C)cc4)C(Cl)(Cl)Cl)cc3)cc2)C(Cl)(Cl)Cl)cc1. The van der Waals surface area contributed by atoms with E-state index in [2.05, 4.69) is 9.44 Å². The fraction of sp³-hybridized carbons (Fsp3) is 0.200. The highest BCUT2D eigenvalue weighted by molar-refractivity contribution is 7.89. The number of rotatable bonds is 9. The lowest BCUT2D eigenvalue weighted by atomic mass is 10.1. The first kappa shape index (κ1) is 35.3. The number of aryl methyl sites for hydroxylation is 2. The van der Waals surface area contributed by atoms with Crippen LogP contribution in [-0.4, -0.2) is 24.4 Å². The van der Waals surface area contributed by atoms with Gasteiger partial charge in [0.2, 0.25) is 27.6 Å². The second-order valence-electron chi connectivity index (χ2n) is 10.1. The van der Waals surface area contributed by atoms with Gasteiger partial charge in [0.05, 0.1) is 21.9 Å². The lowest BCUT2D eigenvalue weighted by Crippen LogP contribution is -2.36. The van der Waals surface area contributed by atoms with Crippen molar-refractivity contribution in [3.63, 3.8) is 0 Å². The lowest BCUT2D eigenvalue weighted by Gasteiger charge is -2.26. The standard InChI is InChI=1S/C30H26Cl6N2O4S2/c1-19-3-7-23(8-4-19)27(29(31,32)33)37-43(39,40)25-15-11-21(12-16-25)22-13-17-26(18-14-22)44(41,42)38-28(30(34,35)36)24-9-5-20(2)6-10-24/h3-18,27-28,37-38H,1-2H3. The highest BCUT2D eigenvalue weighted by Gasteiger charge is 2.38. The number of benzene rings is 4. The molecule has 0 heterocycles. The van der Waals surface area contributed by atoms with E-state index in [-0.39, 0.29) is 9.79 Å². The van der Waals surface area contributed by atoms with Crippen LogP contribution in [0.3, 0.4) is 0 Å². The minimum absolute atomic E-state index is 0.0511. The van der Waals surface area contributed by atoms with Crippen LogP contribution < -0.4 is 9.44 Å². The average Bonchev–Trinajstić information content (AvgIpc) is 2.95. The monoisotopic (exact) mass is 752 g/mol. The smallest absolute Gasteiger partial charge is 0.207 e. The lowest BCUT2D eigenvalue weighted by molar-refractivity contribution is 0.557. The summed E-state index contributed by atoms with van der Waals surface area (Å²) in [4.78, 5) is -0.102. The first-order valence-electron chi connectivity index (χ1n) is 12.9. The fourth-order valence-electron chi connectivity index (χ4n) is 4.26. The van der Waals surface area contributed by atoms with Crippen LogP contribution in [0.25, 0.3) is 11.1 Å². The van der Waals surface area contributed by atoms with E-state index in [0.29, 0.717) is 22.3 Å². The minimum atomic E-state index is -4.10. The molecule has 14 heteroatoms. The Labute approximate surface area is 287 Å². The Balaban J connectivity index is 1.53. The maximum Gasteiger partial charge on any atom is 0.241 e. The molecule has 0 aliphatic rings. The van der Waals surface area contributed by atoms with E-state index in [0.717, 1.165) is 11.1 Å². The zero-order valence-electron chi connectivity index (χ0n) is 23.1. The van der Waals surface area contributed by atoms with Gasteiger partial charge in [-0.2, -0.15) is 9.44 Å². The molecule has 0 saturated carbocycles. The molecule has 0 spiro atoms. The first-order chi connectivity index (χ1) is 20.4. The summed E-state index contributed by atoms with van der Waals surface area (Å²) in [5, 5.41) is 0. The van der Waals surface area contributed by atoms with Crippen LogP contribution in [0.15, 0.2) is 107 Å². The van der Waals surface area contributed by atoms with E-state index < -0.39 is 39.7 Å². The molecule has 4 aromatic carbocycles. The van der Waals surface area contributed by atoms with Crippen LogP contribution >= 0.6 is 69.6 Å². The zero-order chi connectivity index (χ0) is 32.5. The Kier molecular flexibility index (Phi) is 11.0. The van der Waals surface area contributed by atoms with Gasteiger partial charge in [-0.3, -0.25) is 0 Å². The van der Waals surface area contributed by atoms with Crippen molar-refractivity contribution < 1.29 is 16.8 Å². The third kappa shape index (κ3) is 8.82. The van der Waals surface area contributed by atoms with Gasteiger partial charge in [-0.15, -0.1) is 0 Å². The molecular weight excluding hydrogens is 729 g/mol. The second-order valence-corrected chi connectivity index (χ2v) is 18.2. The van der Waals surface area contributed by atoms with Gasteiger partial charge in [0.1, 0.15) is 0 Å². The van der Waals surface area contributed by atoms with Crippen molar-refractivity contribution >= 4 is 89.7 Å². The van der Waals surface area contributed by atoms with Gasteiger partial charge in [-0.05, 0) is 60.4 Å². The van der Waals surface area contributed by atoms with Gasteiger partial charge < -0.3 is 0 Å². The molecular formula is C30H26Cl6N2O4S2. The number of halogens is 6. The summed E-state index contributed by atoms with van der Waals surface area (Å²) in [6.45, 7) is 3.77. The van der Waals surface area contributed by atoms with Crippen molar-refractivity contribution in [3.05, 3.63) is 119 Å². The van der Waals surface area contributed by atoms with Crippen LogP contribution in [0.2, 0.25) is 0 Å². The largest absolute Gasteiger partial charge is 0.241 e. The predicted octanol–water partition coefficient (Wildman–Crippen LogP) is 8.75. The fourth-order valence-corrected chi connectivity index (χ4v) is 8.24. The van der Waals surface area contributed by atoms with Crippen LogP contribution in [0.1, 0.15) is 34.3 Å². The molecule has 0 amide bonds. The molecule has 0 fully saturated rings. The van der Waals surface area contributed by atoms with E-state index in [4.69, 9.17) is 69.6 Å². The Morgan fingerprint density at radius 2 is 0.750 bits per heavy atom. The van der Waals surface area contributed by atoms with Crippen LogP contribution in [0, 0.1) is 13.8 Å². The highest BCUT2D eigenvalue weighted by Crippen LogP contribution is 2.42. The summed E-state index contributed by atoms with van der Waals surface area (Å²) in [5.41, 5.74) is 4.17. The first-order valence-corrected chi connectivity index (χ1v) is 18.1. The summed E-state index contributed by atoms with van der Waals surface area (Å²) >= 11 is 36.8. The number of alkyl halides is 6. The zero-order valence-corrected chi connectivity index (χ0v) is 29.3. The number of hydrogen-bond donors (Lipinski definition) is 2. The number of hydrogen-bond acceptors (Lipinski definition) is 4. The van der Waals surface area contributed by atoms with Crippen LogP contribution in [0.5, 0.6) is 0 Å². The molecule has 0 aromatic heterocycles. The van der Waals surface area contributed by atoms with E-state index in [1.807, 2.05) is 13.8 Å². The van der Waals surface area contributed by atoms with Crippen molar-refractivity contribution in [2.24, 2.45) is 0 Å². The predicted molar refractivity (Wildman–Crippen MR) is 181 cm³/mol. The molecule has 0 aliphatic heterocycles. The van der Waals surface area contributed by atoms with Crippen LogP contribution in [0.4, 0.5) is 0 Å². The van der Waals surface area contributed by atoms with Crippen molar-refractivity contribution in [3.8, 4) is 11.1 Å². The van der Waals surface area contributed by atoms with E-state index in [1.165, 1.54) is 24.3 Å². The van der Waals surface area contributed by atoms with Gasteiger partial charge >= 0.3 is 0 Å². The highest BCUT2D eigenvalue weighted by atomic mass is 35.6. The topological polar surface area (TPSA) is 92.3 Å². The van der Waals surface area contributed by atoms with E-state index in [1.54, 1.807) is 72.8 Å². The third-order valence-corrected chi connectivity index (χ3v) is 10.9. The molecule has 6 nitrogen and oxygen atoms in total. The number of sulfonamides is 2. The summed E-state index contributed by atoms with van der Waals surface area (Å²) in [6.07, 6.45) is 0. The van der Waals surface area contributed by atoms with Crippen molar-refractivity contribution in [2.45, 2.75) is 43.3 Å². The molecule has 0 radical (unpaired) electrons. The molecule has 0 saturated heterocycles. The molecule has 2 atom stereocenters. The van der Waals surface area contributed by atoms with Gasteiger partial charge in [0, 0.05) is 0 Å². The quantitative estimate of drug-likeness (QED) is 0.167. The summed E-state index contributed by atoms with van der Waals surface area (Å²) in [6, 6.07) is 23.6. The third-order valence-electron chi connectivity index (χ3n) is 6.68. The minimum Gasteiger partial charge on any atom is -0.207 e. The molecule has 44 heavy (non-hydrogen) atoms. The Bertz CT molecular complexity index is 1670. The average molecular weight is 755 g/mol. The normalized spacial score (nSPS) is 14.3. The Morgan fingerprint density at radius 3 is 1.00 bits per heavy atom. The second kappa shape index (κ2) is 13.7. The van der Waals surface area contributed by atoms with Gasteiger partial charge in [-0.25, -0.2) is 16.8 Å². The molecule has 4 rings (SSSR count). The van der Waals surface area contributed by atoms with E-state index >= 15 is 0 Å². The number of nitrogens with one attached hydrogen (secondary N) is 2. The van der Waals surface area contributed by atoms with Crippen LogP contribution in [-0.2, 0) is 20.0 Å². The molecule has 2 N–H and O–H groups in total. The van der Waals surface area contributed by atoms with Gasteiger partial charge in [0.25, 0.3) is 0 Å². The molecule has 0 bridgehead atoms. The summed E-state index contributed by atoms with van der Waals surface area (Å²) in [5.74, 6) is 0. The van der Waals surface area contributed by atoms with Gasteiger partial charge in [0.15, 0.2) is 0 Å². The van der Waals surface area contributed by atoms with E-state index in [9.17, 15) is 16.8 Å².